The summed E-state index contributed by atoms with van der Waals surface area (Å²) in [6.07, 6.45) is -2.99. The van der Waals surface area contributed by atoms with Crippen molar-refractivity contribution in [1.29, 1.82) is 5.26 Å². The van der Waals surface area contributed by atoms with E-state index in [9.17, 15) is 17.2 Å². The number of hydrogen-bond acceptors (Lipinski definition) is 4. The molecule has 0 unspecified atom stereocenters. The summed E-state index contributed by atoms with van der Waals surface area (Å²) in [5.41, 5.74) is -1.25. The third-order valence-electron chi connectivity index (χ3n) is 1.62. The highest BCUT2D eigenvalue weighted by atomic mass is 127. The Morgan fingerprint density at radius 1 is 1.56 bits per heavy atom. The van der Waals surface area contributed by atoms with Crippen LogP contribution in [-0.2, 0) is 10.0 Å². The van der Waals surface area contributed by atoms with Crippen LogP contribution in [0, 0.1) is 15.0 Å². The van der Waals surface area contributed by atoms with Crippen molar-refractivity contribution in [3.8, 4) is 6.07 Å². The molecule has 1 aromatic rings. The maximum atomic E-state index is 12.5. The topological polar surface area (TPSA) is 96.8 Å². The largest absolute Gasteiger partial charge is 0.266 e. The summed E-state index contributed by atoms with van der Waals surface area (Å²) in [6.45, 7) is 0. The van der Waals surface area contributed by atoms with Crippen LogP contribution in [0.15, 0.2) is 11.0 Å². The molecule has 1 rings (SSSR count). The van der Waals surface area contributed by atoms with Gasteiger partial charge < -0.3 is 0 Å². The van der Waals surface area contributed by atoms with Crippen LogP contribution in [0.3, 0.4) is 0 Å². The van der Waals surface area contributed by atoms with Gasteiger partial charge in [0.15, 0.2) is 5.69 Å². The van der Waals surface area contributed by atoms with Crippen LogP contribution >= 0.6 is 22.6 Å². The lowest BCUT2D eigenvalue weighted by atomic mass is 10.2. The van der Waals surface area contributed by atoms with Crippen LogP contribution in [0.2, 0.25) is 0 Å². The molecule has 0 amide bonds. The van der Waals surface area contributed by atoms with Gasteiger partial charge in [-0.3, -0.25) is 0 Å². The molecular weight excluding hydrogens is 355 g/mol. The van der Waals surface area contributed by atoms with Crippen molar-refractivity contribution in [2.45, 2.75) is 11.3 Å². The van der Waals surface area contributed by atoms with Crippen LogP contribution in [0.4, 0.5) is 8.78 Å². The van der Waals surface area contributed by atoms with E-state index in [1.165, 1.54) is 28.7 Å². The Bertz CT molecular complexity index is 568. The number of halogens is 3. The molecule has 0 aromatic carbocycles. The number of aromatic nitrogens is 1. The molecule has 9 heteroatoms. The molecule has 86 valence electrons. The fourth-order valence-corrected chi connectivity index (χ4v) is 2.83. The molecule has 0 spiro atoms. The molecule has 0 saturated carbocycles. The first-order valence-electron chi connectivity index (χ1n) is 3.69. The predicted molar refractivity (Wildman–Crippen MR) is 58.0 cm³/mol. The van der Waals surface area contributed by atoms with E-state index in [0.717, 1.165) is 0 Å². The van der Waals surface area contributed by atoms with Crippen LogP contribution in [0.25, 0.3) is 0 Å². The number of pyridine rings is 1. The Morgan fingerprint density at radius 2 is 2.12 bits per heavy atom. The van der Waals surface area contributed by atoms with Gasteiger partial charge in [-0.1, -0.05) is 0 Å². The number of rotatable bonds is 2. The highest BCUT2D eigenvalue weighted by Crippen LogP contribution is 2.26. The average molecular weight is 359 g/mol. The monoisotopic (exact) mass is 359 g/mol. The van der Waals surface area contributed by atoms with Gasteiger partial charge in [0.2, 0.25) is 10.0 Å². The standard InChI is InChI=1S/C7H4F2IN3O2S/c8-6(9)3-1-5(16(12,14)15)7(10)13-4(3)2-11/h1,6H,(H2,12,14,15). The van der Waals surface area contributed by atoms with Crippen molar-refractivity contribution < 1.29 is 17.2 Å². The predicted octanol–water partition coefficient (Wildman–Crippen LogP) is 1.14. The number of sulfonamides is 1. The summed E-state index contributed by atoms with van der Waals surface area (Å²) in [4.78, 5) is 2.95. The molecule has 0 bridgehead atoms. The molecule has 0 saturated heterocycles. The maximum Gasteiger partial charge on any atom is 0.266 e. The van der Waals surface area contributed by atoms with Gasteiger partial charge in [-0.25, -0.2) is 27.3 Å². The zero-order valence-electron chi connectivity index (χ0n) is 7.49. The molecule has 5 nitrogen and oxygen atoms in total. The van der Waals surface area contributed by atoms with Gasteiger partial charge in [0.1, 0.15) is 14.7 Å². The van der Waals surface area contributed by atoms with E-state index in [1.807, 2.05) is 0 Å². The van der Waals surface area contributed by atoms with Crippen molar-refractivity contribution in [3.63, 3.8) is 0 Å². The lowest BCUT2D eigenvalue weighted by molar-refractivity contribution is 0.150. The lowest BCUT2D eigenvalue weighted by Gasteiger charge is -2.06. The Hall–Kier alpha value is -0.860. The second-order valence-corrected chi connectivity index (χ2v) is 5.22. The molecule has 1 aromatic heterocycles. The van der Waals surface area contributed by atoms with Crippen LogP contribution in [0.1, 0.15) is 17.7 Å². The van der Waals surface area contributed by atoms with E-state index in [0.29, 0.717) is 6.07 Å². The van der Waals surface area contributed by atoms with Crippen LogP contribution < -0.4 is 5.14 Å². The van der Waals surface area contributed by atoms with Gasteiger partial charge in [0, 0.05) is 0 Å². The molecular formula is C7H4F2IN3O2S. The lowest BCUT2D eigenvalue weighted by Crippen LogP contribution is -2.16. The molecule has 16 heavy (non-hydrogen) atoms. The Labute approximate surface area is 103 Å². The number of primary sulfonamides is 1. The zero-order valence-corrected chi connectivity index (χ0v) is 10.5. The molecule has 0 atom stereocenters. The first-order valence-corrected chi connectivity index (χ1v) is 6.31. The van der Waals surface area contributed by atoms with Crippen molar-refractivity contribution in [2.24, 2.45) is 5.14 Å². The third kappa shape index (κ3) is 2.63. The van der Waals surface area contributed by atoms with Crippen molar-refractivity contribution >= 4 is 32.6 Å². The Kier molecular flexibility index (Phi) is 3.76. The Morgan fingerprint density at radius 3 is 2.50 bits per heavy atom. The third-order valence-corrected chi connectivity index (χ3v) is 3.73. The highest BCUT2D eigenvalue weighted by molar-refractivity contribution is 14.1. The highest BCUT2D eigenvalue weighted by Gasteiger charge is 2.22. The van der Waals surface area contributed by atoms with E-state index >= 15 is 0 Å². The van der Waals surface area contributed by atoms with Gasteiger partial charge in [-0.05, 0) is 28.7 Å². The van der Waals surface area contributed by atoms with Crippen molar-refractivity contribution in [3.05, 3.63) is 21.0 Å². The minimum absolute atomic E-state index is 0.110. The van der Waals surface area contributed by atoms with Crippen molar-refractivity contribution in [1.82, 2.24) is 4.98 Å². The zero-order chi connectivity index (χ0) is 12.5. The molecule has 2 N–H and O–H groups in total. The van der Waals surface area contributed by atoms with Gasteiger partial charge in [0.05, 0.1) is 5.56 Å². The van der Waals surface area contributed by atoms with E-state index < -0.39 is 32.6 Å². The molecule has 1 heterocycles. The van der Waals surface area contributed by atoms with Gasteiger partial charge >= 0.3 is 0 Å². The molecule has 0 fully saturated rings. The van der Waals surface area contributed by atoms with E-state index in [4.69, 9.17) is 10.4 Å². The Balaban J connectivity index is 3.60. The number of hydrogen-bond donors (Lipinski definition) is 1. The number of alkyl halides is 2. The quantitative estimate of drug-likeness (QED) is 0.633. The molecule has 0 aliphatic carbocycles. The van der Waals surface area contributed by atoms with Crippen molar-refractivity contribution in [2.75, 3.05) is 0 Å². The number of nitriles is 1. The summed E-state index contributed by atoms with van der Waals surface area (Å²) < 4.78 is 46.9. The normalized spacial score (nSPS) is 11.5. The fraction of sp³-hybridized carbons (Fsp3) is 0.143. The summed E-state index contributed by atoms with van der Waals surface area (Å²) in [6, 6.07) is 2.14. The number of nitrogens with two attached hydrogens (primary N) is 1. The first-order chi connectivity index (χ1) is 7.27. The SMILES string of the molecule is N#Cc1nc(I)c(S(N)(=O)=O)cc1C(F)F. The maximum absolute atomic E-state index is 12.5. The molecule has 0 radical (unpaired) electrons. The average Bonchev–Trinajstić information content (AvgIpc) is 2.14. The van der Waals surface area contributed by atoms with Gasteiger partial charge in [-0.15, -0.1) is 0 Å². The summed E-state index contributed by atoms with van der Waals surface area (Å²) >= 11 is 1.51. The van der Waals surface area contributed by atoms with E-state index in [1.54, 1.807) is 0 Å². The smallest absolute Gasteiger partial charge is 0.229 e. The second kappa shape index (κ2) is 4.56. The van der Waals surface area contributed by atoms with E-state index in [-0.39, 0.29) is 3.70 Å². The second-order valence-electron chi connectivity index (χ2n) is 2.67. The minimum Gasteiger partial charge on any atom is -0.229 e. The summed E-state index contributed by atoms with van der Waals surface area (Å²) in [7, 11) is -4.13. The summed E-state index contributed by atoms with van der Waals surface area (Å²) in [5, 5.41) is 13.4. The van der Waals surface area contributed by atoms with Crippen LogP contribution in [0.5, 0.6) is 0 Å². The molecule has 0 aliphatic heterocycles. The van der Waals surface area contributed by atoms with E-state index in [2.05, 4.69) is 4.98 Å². The first kappa shape index (κ1) is 13.2. The molecule has 0 aliphatic rings. The minimum atomic E-state index is -4.13. The van der Waals surface area contributed by atoms with Gasteiger partial charge in [-0.2, -0.15) is 5.26 Å². The van der Waals surface area contributed by atoms with Gasteiger partial charge in [0.25, 0.3) is 6.43 Å². The van der Waals surface area contributed by atoms with Crippen LogP contribution in [-0.4, -0.2) is 13.4 Å². The number of nitrogens with zero attached hydrogens (tertiary/aromatic N) is 2. The summed E-state index contributed by atoms with van der Waals surface area (Å²) in [5.74, 6) is 0. The fourth-order valence-electron chi connectivity index (χ4n) is 0.942.